The molecule has 0 aliphatic heterocycles. The van der Waals surface area contributed by atoms with Gasteiger partial charge in [-0.2, -0.15) is 0 Å². The Morgan fingerprint density at radius 2 is 1.79 bits per heavy atom. The van der Waals surface area contributed by atoms with Gasteiger partial charge in [-0.05, 0) is 52.4 Å². The molecule has 3 aromatic rings. The highest BCUT2D eigenvalue weighted by Crippen LogP contribution is 2.12. The lowest BCUT2D eigenvalue weighted by molar-refractivity contribution is 0.789. The average molecular weight is 252 g/mol. The second-order valence-corrected chi connectivity index (χ2v) is 4.01. The molecule has 0 spiro atoms. The minimum atomic E-state index is 0.771. The van der Waals surface area contributed by atoms with Crippen molar-refractivity contribution in [3.05, 3.63) is 60.7 Å². The first-order valence-corrected chi connectivity index (χ1v) is 5.88. The zero-order valence-corrected chi connectivity index (χ0v) is 10.1. The summed E-state index contributed by atoms with van der Waals surface area (Å²) in [5, 5.41) is 14.4. The molecule has 3 rings (SSSR count). The maximum absolute atomic E-state index is 3.99. The molecule has 0 aliphatic carbocycles. The molecule has 1 aromatic carbocycles. The van der Waals surface area contributed by atoms with E-state index in [0.29, 0.717) is 0 Å². The van der Waals surface area contributed by atoms with Crippen LogP contribution in [-0.2, 0) is 6.54 Å². The molecule has 0 aliphatic rings. The molecule has 2 aromatic heterocycles. The monoisotopic (exact) mass is 252 g/mol. The Morgan fingerprint density at radius 1 is 1.00 bits per heavy atom. The minimum absolute atomic E-state index is 0.771. The van der Waals surface area contributed by atoms with Gasteiger partial charge >= 0.3 is 0 Å². The van der Waals surface area contributed by atoms with E-state index in [1.54, 1.807) is 23.4 Å². The highest BCUT2D eigenvalue weighted by Gasteiger charge is 1.98. The Bertz CT molecular complexity index is 618. The lowest BCUT2D eigenvalue weighted by atomic mass is 10.2. The number of aromatic nitrogens is 5. The molecule has 0 saturated carbocycles. The fourth-order valence-electron chi connectivity index (χ4n) is 1.72. The molecule has 0 unspecified atom stereocenters. The summed E-state index contributed by atoms with van der Waals surface area (Å²) in [7, 11) is 0. The molecule has 0 radical (unpaired) electrons. The first kappa shape index (κ1) is 11.3. The summed E-state index contributed by atoms with van der Waals surface area (Å²) in [4.78, 5) is 3.99. The summed E-state index contributed by atoms with van der Waals surface area (Å²) in [6.07, 6.45) is 5.15. The zero-order valence-electron chi connectivity index (χ0n) is 10.1. The molecular formula is C13H12N6. The fraction of sp³-hybridized carbons (Fsp3) is 0.0769. The fourth-order valence-corrected chi connectivity index (χ4v) is 1.72. The number of nitrogens with zero attached hydrogens (tertiary/aromatic N) is 5. The molecule has 19 heavy (non-hydrogen) atoms. The maximum Gasteiger partial charge on any atom is 0.143 e. The SMILES string of the molecule is c1cc(CNc2ccc(-n3cnnn3)cc2)ccn1. The highest BCUT2D eigenvalue weighted by atomic mass is 15.5. The second-order valence-electron chi connectivity index (χ2n) is 4.01. The quantitative estimate of drug-likeness (QED) is 0.765. The van der Waals surface area contributed by atoms with E-state index in [1.807, 2.05) is 36.4 Å². The highest BCUT2D eigenvalue weighted by molar-refractivity contribution is 5.48. The lowest BCUT2D eigenvalue weighted by Gasteiger charge is -2.07. The number of hydrogen-bond donors (Lipinski definition) is 1. The molecule has 6 nitrogen and oxygen atoms in total. The first-order valence-electron chi connectivity index (χ1n) is 5.88. The number of rotatable bonds is 4. The third-order valence-corrected chi connectivity index (χ3v) is 2.73. The first-order chi connectivity index (χ1) is 9.42. The van der Waals surface area contributed by atoms with Crippen molar-refractivity contribution in [1.29, 1.82) is 0 Å². The molecule has 0 atom stereocenters. The number of hydrogen-bond acceptors (Lipinski definition) is 5. The predicted molar refractivity (Wildman–Crippen MR) is 70.7 cm³/mol. The largest absolute Gasteiger partial charge is 0.381 e. The Hall–Kier alpha value is -2.76. The van der Waals surface area contributed by atoms with E-state index in [9.17, 15) is 0 Å². The van der Waals surface area contributed by atoms with Crippen molar-refractivity contribution in [2.75, 3.05) is 5.32 Å². The van der Waals surface area contributed by atoms with Crippen LogP contribution in [0.1, 0.15) is 5.56 Å². The van der Waals surface area contributed by atoms with Gasteiger partial charge in [0, 0.05) is 24.6 Å². The van der Waals surface area contributed by atoms with Gasteiger partial charge in [-0.1, -0.05) is 0 Å². The van der Waals surface area contributed by atoms with E-state index in [-0.39, 0.29) is 0 Å². The van der Waals surface area contributed by atoms with Crippen molar-refractivity contribution in [3.8, 4) is 5.69 Å². The molecule has 1 N–H and O–H groups in total. The van der Waals surface area contributed by atoms with Gasteiger partial charge in [0.2, 0.25) is 0 Å². The number of tetrazole rings is 1. The number of benzene rings is 1. The van der Waals surface area contributed by atoms with Gasteiger partial charge in [-0.25, -0.2) is 4.68 Å². The summed E-state index contributed by atoms with van der Waals surface area (Å²) in [6, 6.07) is 11.9. The van der Waals surface area contributed by atoms with Crippen LogP contribution in [0.25, 0.3) is 5.69 Å². The third-order valence-electron chi connectivity index (χ3n) is 2.73. The smallest absolute Gasteiger partial charge is 0.143 e. The van der Waals surface area contributed by atoms with E-state index >= 15 is 0 Å². The van der Waals surface area contributed by atoms with Crippen molar-refractivity contribution < 1.29 is 0 Å². The van der Waals surface area contributed by atoms with Gasteiger partial charge in [0.1, 0.15) is 6.33 Å². The number of pyridine rings is 1. The number of nitrogens with one attached hydrogen (secondary N) is 1. The van der Waals surface area contributed by atoms with Gasteiger partial charge in [0.05, 0.1) is 5.69 Å². The molecule has 6 heteroatoms. The molecule has 2 heterocycles. The van der Waals surface area contributed by atoms with E-state index in [0.717, 1.165) is 17.9 Å². The summed E-state index contributed by atoms with van der Waals surface area (Å²) in [5.41, 5.74) is 3.17. The van der Waals surface area contributed by atoms with Crippen LogP contribution in [-0.4, -0.2) is 25.2 Å². The van der Waals surface area contributed by atoms with Crippen molar-refractivity contribution >= 4 is 5.69 Å². The van der Waals surface area contributed by atoms with E-state index < -0.39 is 0 Å². The van der Waals surface area contributed by atoms with Crippen LogP contribution in [0.3, 0.4) is 0 Å². The normalized spacial score (nSPS) is 10.3. The van der Waals surface area contributed by atoms with Crippen LogP contribution in [0.5, 0.6) is 0 Å². The Morgan fingerprint density at radius 3 is 2.47 bits per heavy atom. The van der Waals surface area contributed by atoms with Crippen molar-refractivity contribution in [3.63, 3.8) is 0 Å². The van der Waals surface area contributed by atoms with Crippen LogP contribution in [0.15, 0.2) is 55.1 Å². The van der Waals surface area contributed by atoms with Crippen LogP contribution >= 0.6 is 0 Å². The Kier molecular flexibility index (Phi) is 3.14. The van der Waals surface area contributed by atoms with Crippen LogP contribution in [0.4, 0.5) is 5.69 Å². The van der Waals surface area contributed by atoms with Crippen molar-refractivity contribution in [1.82, 2.24) is 25.2 Å². The van der Waals surface area contributed by atoms with Gasteiger partial charge in [0.15, 0.2) is 0 Å². The van der Waals surface area contributed by atoms with Crippen molar-refractivity contribution in [2.24, 2.45) is 0 Å². The summed E-state index contributed by atoms with van der Waals surface area (Å²) in [6.45, 7) is 0.771. The molecule has 0 amide bonds. The molecular weight excluding hydrogens is 240 g/mol. The molecule has 0 bridgehead atoms. The van der Waals surface area contributed by atoms with Crippen LogP contribution in [0.2, 0.25) is 0 Å². The summed E-state index contributed by atoms with van der Waals surface area (Å²) < 4.78 is 1.62. The molecule has 94 valence electrons. The topological polar surface area (TPSA) is 68.5 Å². The Balaban J connectivity index is 1.67. The average Bonchev–Trinajstić information content (AvgIpc) is 3.01. The van der Waals surface area contributed by atoms with Crippen LogP contribution in [0, 0.1) is 0 Å². The lowest BCUT2D eigenvalue weighted by Crippen LogP contribution is -2.00. The summed E-state index contributed by atoms with van der Waals surface area (Å²) in [5.74, 6) is 0. The maximum atomic E-state index is 3.99. The van der Waals surface area contributed by atoms with Crippen LogP contribution < -0.4 is 5.32 Å². The standard InChI is InChI=1S/C13H12N6/c1-3-13(19-10-16-17-18-19)4-2-12(1)15-9-11-5-7-14-8-6-11/h1-8,10,15H,9H2. The van der Waals surface area contributed by atoms with E-state index in [1.165, 1.54) is 5.56 Å². The van der Waals surface area contributed by atoms with Gasteiger partial charge in [-0.3, -0.25) is 4.98 Å². The molecule has 0 fully saturated rings. The minimum Gasteiger partial charge on any atom is -0.381 e. The Labute approximate surface area is 110 Å². The van der Waals surface area contributed by atoms with Gasteiger partial charge in [0.25, 0.3) is 0 Å². The van der Waals surface area contributed by atoms with Gasteiger partial charge < -0.3 is 5.32 Å². The predicted octanol–water partition coefficient (Wildman–Crippen LogP) is 1.67. The third kappa shape index (κ3) is 2.74. The van der Waals surface area contributed by atoms with Gasteiger partial charge in [-0.15, -0.1) is 5.10 Å². The zero-order chi connectivity index (χ0) is 12.9. The van der Waals surface area contributed by atoms with Crippen molar-refractivity contribution in [2.45, 2.75) is 6.54 Å². The molecule has 0 saturated heterocycles. The van der Waals surface area contributed by atoms with E-state index in [2.05, 4.69) is 25.8 Å². The summed E-state index contributed by atoms with van der Waals surface area (Å²) >= 11 is 0. The van der Waals surface area contributed by atoms with E-state index in [4.69, 9.17) is 0 Å². The number of anilines is 1. The second kappa shape index (κ2) is 5.26.